The Hall–Kier alpha value is -1.54. The molecule has 1 saturated heterocycles. The molecular weight excluding hydrogens is 306 g/mol. The quantitative estimate of drug-likeness (QED) is 0.864. The number of rotatable bonds is 5. The number of sulfonamides is 1. The molecule has 0 bridgehead atoms. The van der Waals surface area contributed by atoms with Crippen LogP contribution in [0.15, 0.2) is 6.07 Å². The number of carboxylic acid groups (broad SMARTS) is 1. The van der Waals surface area contributed by atoms with Gasteiger partial charge in [0.2, 0.25) is 10.0 Å². The molecule has 0 saturated carbocycles. The van der Waals surface area contributed by atoms with Crippen LogP contribution in [0.3, 0.4) is 0 Å². The molecule has 1 aromatic rings. The van der Waals surface area contributed by atoms with E-state index in [-0.39, 0.29) is 12.3 Å². The zero-order valence-electron chi connectivity index (χ0n) is 12.8. The highest BCUT2D eigenvalue weighted by molar-refractivity contribution is 7.88. The van der Waals surface area contributed by atoms with Crippen molar-refractivity contribution in [2.75, 3.05) is 19.3 Å². The molecule has 1 N–H and O–H groups in total. The molecular formula is C14H21N3O4S. The van der Waals surface area contributed by atoms with E-state index in [1.807, 2.05) is 6.07 Å². The van der Waals surface area contributed by atoms with Gasteiger partial charge in [-0.15, -0.1) is 0 Å². The molecule has 2 heterocycles. The summed E-state index contributed by atoms with van der Waals surface area (Å²) in [5.74, 6) is -0.0222. The molecule has 7 nitrogen and oxygen atoms in total. The molecule has 0 spiro atoms. The van der Waals surface area contributed by atoms with E-state index in [9.17, 15) is 13.2 Å². The second kappa shape index (κ2) is 6.70. The highest BCUT2D eigenvalue weighted by Gasteiger charge is 2.26. The zero-order chi connectivity index (χ0) is 16.3. The average molecular weight is 327 g/mol. The van der Waals surface area contributed by atoms with Crippen LogP contribution in [-0.2, 0) is 21.2 Å². The second-order valence-corrected chi connectivity index (χ2v) is 7.64. The Morgan fingerprint density at radius 1 is 1.36 bits per heavy atom. The predicted molar refractivity (Wildman–Crippen MR) is 81.1 cm³/mol. The molecule has 0 aliphatic carbocycles. The van der Waals surface area contributed by atoms with Crippen LogP contribution in [0, 0.1) is 6.92 Å². The van der Waals surface area contributed by atoms with E-state index < -0.39 is 16.0 Å². The minimum atomic E-state index is -3.13. The van der Waals surface area contributed by atoms with Crippen LogP contribution in [0.2, 0.25) is 0 Å². The van der Waals surface area contributed by atoms with Crippen molar-refractivity contribution in [3.05, 3.63) is 23.3 Å². The topological polar surface area (TPSA) is 100 Å². The van der Waals surface area contributed by atoms with Crippen LogP contribution in [0.4, 0.5) is 0 Å². The molecule has 22 heavy (non-hydrogen) atoms. The van der Waals surface area contributed by atoms with Crippen LogP contribution < -0.4 is 0 Å². The van der Waals surface area contributed by atoms with E-state index in [0.29, 0.717) is 25.3 Å². The third kappa shape index (κ3) is 4.48. The van der Waals surface area contributed by atoms with Gasteiger partial charge in [-0.3, -0.25) is 4.79 Å². The molecule has 8 heteroatoms. The standard InChI is InChI=1S/C14H21N3O4S/c1-10-15-12(3-4-14(18)19)9-13(16-10)11-5-7-17(8-6-11)22(2,20)21/h9,11H,3-8H2,1-2H3,(H,18,19). The lowest BCUT2D eigenvalue weighted by atomic mass is 9.93. The van der Waals surface area contributed by atoms with Crippen LogP contribution in [-0.4, -0.2) is 53.1 Å². The molecule has 0 aromatic carbocycles. The number of aromatic nitrogens is 2. The number of carboxylic acids is 1. The van der Waals surface area contributed by atoms with Gasteiger partial charge in [-0.1, -0.05) is 0 Å². The summed E-state index contributed by atoms with van der Waals surface area (Å²) in [6.45, 7) is 2.79. The lowest BCUT2D eigenvalue weighted by molar-refractivity contribution is -0.136. The van der Waals surface area contributed by atoms with E-state index in [2.05, 4.69) is 9.97 Å². The number of nitrogens with zero attached hydrogens (tertiary/aromatic N) is 3. The van der Waals surface area contributed by atoms with Crippen molar-refractivity contribution in [3.8, 4) is 0 Å². The Morgan fingerprint density at radius 2 is 2.00 bits per heavy atom. The van der Waals surface area contributed by atoms with Crippen molar-refractivity contribution in [1.82, 2.24) is 14.3 Å². The third-order valence-corrected chi connectivity index (χ3v) is 5.15. The van der Waals surface area contributed by atoms with Crippen LogP contribution in [0.25, 0.3) is 0 Å². The number of aryl methyl sites for hydroxylation is 2. The summed E-state index contributed by atoms with van der Waals surface area (Å²) in [7, 11) is -3.13. The summed E-state index contributed by atoms with van der Waals surface area (Å²) in [6.07, 6.45) is 3.10. The van der Waals surface area contributed by atoms with Crippen molar-refractivity contribution >= 4 is 16.0 Å². The van der Waals surface area contributed by atoms with Crippen molar-refractivity contribution in [2.45, 2.75) is 38.5 Å². The van der Waals surface area contributed by atoms with Crippen molar-refractivity contribution in [1.29, 1.82) is 0 Å². The molecule has 1 aromatic heterocycles. The fourth-order valence-electron chi connectivity index (χ4n) is 2.71. The summed E-state index contributed by atoms with van der Waals surface area (Å²) < 4.78 is 24.6. The van der Waals surface area contributed by atoms with Gasteiger partial charge in [0, 0.05) is 36.8 Å². The number of carbonyl (C=O) groups is 1. The molecule has 1 aliphatic heterocycles. The Balaban J connectivity index is 2.08. The van der Waals surface area contributed by atoms with Crippen LogP contribution in [0.1, 0.15) is 42.4 Å². The van der Waals surface area contributed by atoms with E-state index in [0.717, 1.165) is 24.2 Å². The molecule has 0 unspecified atom stereocenters. The molecule has 1 fully saturated rings. The molecule has 1 aliphatic rings. The monoisotopic (exact) mass is 327 g/mol. The smallest absolute Gasteiger partial charge is 0.303 e. The molecule has 0 atom stereocenters. The summed E-state index contributed by atoms with van der Waals surface area (Å²) in [4.78, 5) is 19.4. The van der Waals surface area contributed by atoms with Crippen molar-refractivity contribution in [3.63, 3.8) is 0 Å². The first kappa shape index (κ1) is 16.8. The Morgan fingerprint density at radius 3 is 2.55 bits per heavy atom. The number of hydrogen-bond donors (Lipinski definition) is 1. The minimum absolute atomic E-state index is 0.0441. The first-order chi connectivity index (χ1) is 10.3. The van der Waals surface area contributed by atoms with Gasteiger partial charge in [-0.25, -0.2) is 22.7 Å². The fourth-order valence-corrected chi connectivity index (χ4v) is 3.58. The van der Waals surface area contributed by atoms with E-state index >= 15 is 0 Å². The first-order valence-corrected chi connectivity index (χ1v) is 9.12. The first-order valence-electron chi connectivity index (χ1n) is 7.27. The highest BCUT2D eigenvalue weighted by atomic mass is 32.2. The maximum absolute atomic E-state index is 11.5. The highest BCUT2D eigenvalue weighted by Crippen LogP contribution is 2.28. The Bertz CT molecular complexity index is 652. The van der Waals surface area contributed by atoms with Crippen LogP contribution in [0.5, 0.6) is 0 Å². The SMILES string of the molecule is Cc1nc(CCC(=O)O)cc(C2CCN(S(C)(=O)=O)CC2)n1. The van der Waals surface area contributed by atoms with Gasteiger partial charge >= 0.3 is 5.97 Å². The number of piperidine rings is 1. The van der Waals surface area contributed by atoms with Crippen molar-refractivity contribution in [2.24, 2.45) is 0 Å². The van der Waals surface area contributed by atoms with Gasteiger partial charge in [0.05, 0.1) is 12.7 Å². The summed E-state index contributed by atoms with van der Waals surface area (Å²) in [6, 6.07) is 1.86. The van der Waals surface area contributed by atoms with Gasteiger partial charge < -0.3 is 5.11 Å². The fraction of sp³-hybridized carbons (Fsp3) is 0.643. The zero-order valence-corrected chi connectivity index (χ0v) is 13.6. The second-order valence-electron chi connectivity index (χ2n) is 5.66. The molecule has 0 radical (unpaired) electrons. The minimum Gasteiger partial charge on any atom is -0.481 e. The predicted octanol–water partition coefficient (Wildman–Crippen LogP) is 0.941. The number of hydrogen-bond acceptors (Lipinski definition) is 5. The lowest BCUT2D eigenvalue weighted by Gasteiger charge is -2.30. The van der Waals surface area contributed by atoms with E-state index in [4.69, 9.17) is 5.11 Å². The Labute approximate surface area is 130 Å². The maximum Gasteiger partial charge on any atom is 0.303 e. The van der Waals surface area contributed by atoms with E-state index in [1.165, 1.54) is 10.6 Å². The van der Waals surface area contributed by atoms with Gasteiger partial charge in [0.1, 0.15) is 5.82 Å². The number of aliphatic carboxylic acids is 1. The largest absolute Gasteiger partial charge is 0.481 e. The van der Waals surface area contributed by atoms with Gasteiger partial charge in [-0.2, -0.15) is 0 Å². The normalized spacial score (nSPS) is 17.5. The van der Waals surface area contributed by atoms with Crippen molar-refractivity contribution < 1.29 is 18.3 Å². The lowest BCUT2D eigenvalue weighted by Crippen LogP contribution is -2.37. The van der Waals surface area contributed by atoms with E-state index in [1.54, 1.807) is 6.92 Å². The summed E-state index contributed by atoms with van der Waals surface area (Å²) in [5, 5.41) is 8.76. The summed E-state index contributed by atoms with van der Waals surface area (Å²) >= 11 is 0. The molecule has 0 amide bonds. The maximum atomic E-state index is 11.5. The van der Waals surface area contributed by atoms with Gasteiger partial charge in [0.25, 0.3) is 0 Å². The molecule has 2 rings (SSSR count). The van der Waals surface area contributed by atoms with Crippen LogP contribution >= 0.6 is 0 Å². The Kier molecular flexibility index (Phi) is 5.12. The third-order valence-electron chi connectivity index (χ3n) is 3.85. The molecule has 122 valence electrons. The average Bonchev–Trinajstić information content (AvgIpc) is 2.44. The summed E-state index contributed by atoms with van der Waals surface area (Å²) in [5.41, 5.74) is 1.62. The van der Waals surface area contributed by atoms with Gasteiger partial charge in [-0.05, 0) is 25.8 Å². The van der Waals surface area contributed by atoms with Gasteiger partial charge in [0.15, 0.2) is 0 Å².